The lowest BCUT2D eigenvalue weighted by atomic mass is 9.93. The molecule has 1 aliphatic rings. The van der Waals surface area contributed by atoms with E-state index in [0.717, 1.165) is 18.6 Å². The molecule has 0 aliphatic carbocycles. The van der Waals surface area contributed by atoms with Crippen LogP contribution >= 0.6 is 0 Å². The Morgan fingerprint density at radius 1 is 0.380 bits per heavy atom. The van der Waals surface area contributed by atoms with Crippen molar-refractivity contribution in [1.29, 1.82) is 0 Å². The number of allylic oxidation sites excluding steroid dienone is 5. The van der Waals surface area contributed by atoms with Crippen LogP contribution in [0.15, 0.2) is 36.1 Å². The van der Waals surface area contributed by atoms with Gasteiger partial charge in [0.05, 0.1) is 0 Å². The largest absolute Gasteiger partial charge is 0.430 e. The lowest BCUT2D eigenvalue weighted by molar-refractivity contribution is -0.157. The molecule has 0 saturated carbocycles. The monoisotopic (exact) mass is 697 g/mol. The summed E-state index contributed by atoms with van der Waals surface area (Å²) in [5.74, 6) is 1.08. The quantitative estimate of drug-likeness (QED) is 0.0362. The van der Waals surface area contributed by atoms with Gasteiger partial charge >= 0.3 is 5.97 Å². The maximum absolute atomic E-state index is 12.0. The molecular weight excluding hydrogens is 609 g/mol. The number of unbranched alkanes of at least 4 members (excludes halogenated alkanes) is 33. The predicted octanol–water partition coefficient (Wildman–Crippen LogP) is 17.0. The zero-order valence-corrected chi connectivity index (χ0v) is 34.2. The van der Waals surface area contributed by atoms with E-state index >= 15 is 0 Å². The summed E-state index contributed by atoms with van der Waals surface area (Å²) in [5, 5.41) is 0. The van der Waals surface area contributed by atoms with E-state index in [-0.39, 0.29) is 11.9 Å². The molecule has 1 fully saturated rings. The highest BCUT2D eigenvalue weighted by Gasteiger charge is 2.36. The second-order valence-corrected chi connectivity index (χ2v) is 15.9. The predicted molar refractivity (Wildman–Crippen MR) is 223 cm³/mol. The molecule has 0 spiro atoms. The van der Waals surface area contributed by atoms with E-state index in [0.29, 0.717) is 0 Å². The van der Waals surface area contributed by atoms with Gasteiger partial charge in [-0.05, 0) is 63.9 Å². The summed E-state index contributed by atoms with van der Waals surface area (Å²) in [6.07, 6.45) is 63.1. The summed E-state index contributed by atoms with van der Waals surface area (Å²) in [6, 6.07) is 0. The van der Waals surface area contributed by atoms with Gasteiger partial charge in [0.1, 0.15) is 11.7 Å². The van der Waals surface area contributed by atoms with E-state index in [4.69, 9.17) is 4.74 Å². The van der Waals surface area contributed by atoms with Crippen LogP contribution < -0.4 is 0 Å². The molecule has 292 valence electrons. The normalized spacial score (nSPS) is 15.5. The van der Waals surface area contributed by atoms with Crippen LogP contribution in [0, 0.1) is 5.92 Å². The highest BCUT2D eigenvalue weighted by atomic mass is 16.6. The SMILES string of the molecule is CCCC/C=C/CCCCCCCCCCCCCCCC/C=C1/OC(=O)C1CCCCCCCCCCCCCCCC/C=C/CCCC. The minimum absolute atomic E-state index is 0.0207. The number of carbonyl (C=O) groups excluding carboxylic acids is 1. The van der Waals surface area contributed by atoms with Gasteiger partial charge in [0, 0.05) is 0 Å². The Labute approximate surface area is 314 Å². The van der Waals surface area contributed by atoms with E-state index in [2.05, 4.69) is 44.2 Å². The van der Waals surface area contributed by atoms with Crippen LogP contribution in [0.25, 0.3) is 0 Å². The Hall–Kier alpha value is -1.31. The lowest BCUT2D eigenvalue weighted by Gasteiger charge is -2.28. The lowest BCUT2D eigenvalue weighted by Crippen LogP contribution is -2.32. The summed E-state index contributed by atoms with van der Waals surface area (Å²) < 4.78 is 5.41. The summed E-state index contributed by atoms with van der Waals surface area (Å²) in [5.41, 5.74) is 0. The van der Waals surface area contributed by atoms with Gasteiger partial charge in [0.2, 0.25) is 0 Å². The summed E-state index contributed by atoms with van der Waals surface area (Å²) in [7, 11) is 0. The molecule has 2 heteroatoms. The van der Waals surface area contributed by atoms with Crippen molar-refractivity contribution in [3.05, 3.63) is 36.1 Å². The summed E-state index contributed by atoms with van der Waals surface area (Å²) in [4.78, 5) is 12.0. The molecule has 0 bridgehead atoms. The fourth-order valence-corrected chi connectivity index (χ4v) is 7.38. The van der Waals surface area contributed by atoms with Gasteiger partial charge in [-0.15, -0.1) is 0 Å². The van der Waals surface area contributed by atoms with Gasteiger partial charge < -0.3 is 4.74 Å². The smallest absolute Gasteiger partial charge is 0.321 e. The van der Waals surface area contributed by atoms with Crippen molar-refractivity contribution in [1.82, 2.24) is 0 Å². The molecule has 0 amide bonds. The van der Waals surface area contributed by atoms with Gasteiger partial charge in [-0.1, -0.05) is 224 Å². The molecule has 0 aromatic heterocycles. The maximum Gasteiger partial charge on any atom is 0.321 e. The van der Waals surface area contributed by atoms with Gasteiger partial charge in [-0.25, -0.2) is 0 Å². The Balaban J connectivity index is 1.80. The van der Waals surface area contributed by atoms with E-state index in [1.165, 1.54) is 231 Å². The van der Waals surface area contributed by atoms with Crippen LogP contribution in [-0.2, 0) is 9.53 Å². The fourth-order valence-electron chi connectivity index (χ4n) is 7.38. The molecule has 0 N–H and O–H groups in total. The van der Waals surface area contributed by atoms with Gasteiger partial charge in [0.15, 0.2) is 0 Å². The van der Waals surface area contributed by atoms with Crippen molar-refractivity contribution < 1.29 is 9.53 Å². The number of esters is 1. The van der Waals surface area contributed by atoms with Crippen LogP contribution in [0.5, 0.6) is 0 Å². The van der Waals surface area contributed by atoms with Gasteiger partial charge in [-0.3, -0.25) is 4.79 Å². The van der Waals surface area contributed by atoms with Crippen LogP contribution in [0.3, 0.4) is 0 Å². The van der Waals surface area contributed by atoms with Gasteiger partial charge in [0.25, 0.3) is 0 Å². The molecule has 50 heavy (non-hydrogen) atoms. The van der Waals surface area contributed by atoms with Crippen molar-refractivity contribution in [2.75, 3.05) is 0 Å². The molecule has 1 unspecified atom stereocenters. The molecule has 0 aromatic carbocycles. The molecule has 1 aliphatic heterocycles. The number of hydrogen-bond donors (Lipinski definition) is 0. The molecule has 1 rings (SSSR count). The highest BCUT2D eigenvalue weighted by Crippen LogP contribution is 2.32. The Morgan fingerprint density at radius 2 is 0.660 bits per heavy atom. The fraction of sp³-hybridized carbons (Fsp3) is 0.854. The molecule has 1 atom stereocenters. The third-order valence-electron chi connectivity index (χ3n) is 10.9. The van der Waals surface area contributed by atoms with Crippen molar-refractivity contribution >= 4 is 5.97 Å². The summed E-state index contributed by atoms with van der Waals surface area (Å²) in [6.45, 7) is 4.53. The summed E-state index contributed by atoms with van der Waals surface area (Å²) >= 11 is 0. The van der Waals surface area contributed by atoms with Crippen molar-refractivity contribution in [2.45, 2.75) is 258 Å². The third-order valence-corrected chi connectivity index (χ3v) is 10.9. The number of ether oxygens (including phenoxy) is 1. The van der Waals surface area contributed by atoms with Crippen LogP contribution in [0.1, 0.15) is 258 Å². The molecule has 0 aromatic rings. The average molecular weight is 697 g/mol. The molecule has 0 radical (unpaired) electrons. The maximum atomic E-state index is 12.0. The number of cyclic esters (lactones) is 1. The zero-order chi connectivity index (χ0) is 35.8. The standard InChI is InChI=1S/C48H88O2/c1-3-5-7-9-11-13-15-17-19-21-23-25-27-29-31-33-35-37-39-41-43-45-47-46(48(49)50-47)44-42-40-38-36-34-32-30-28-26-24-22-20-18-16-14-12-10-8-6-4-2/h9-12,45-46H,3-8,13-44H2,1-2H3/b11-9+,12-10+,47-45+. The first-order chi connectivity index (χ1) is 24.8. The number of rotatable bonds is 40. The van der Waals surface area contributed by atoms with E-state index < -0.39 is 0 Å². The average Bonchev–Trinajstić information content (AvgIpc) is 3.12. The van der Waals surface area contributed by atoms with E-state index in [1.54, 1.807) is 0 Å². The van der Waals surface area contributed by atoms with E-state index in [9.17, 15) is 4.79 Å². The molecule has 1 heterocycles. The topological polar surface area (TPSA) is 26.3 Å². The first-order valence-electron chi connectivity index (χ1n) is 23.0. The van der Waals surface area contributed by atoms with Crippen molar-refractivity contribution in [3.8, 4) is 0 Å². The molecule has 2 nitrogen and oxygen atoms in total. The van der Waals surface area contributed by atoms with Crippen LogP contribution in [0.2, 0.25) is 0 Å². The van der Waals surface area contributed by atoms with E-state index in [1.807, 2.05) is 0 Å². The van der Waals surface area contributed by atoms with Crippen LogP contribution in [0.4, 0.5) is 0 Å². The number of hydrogen-bond acceptors (Lipinski definition) is 2. The second-order valence-electron chi connectivity index (χ2n) is 15.9. The highest BCUT2D eigenvalue weighted by molar-refractivity contribution is 5.82. The van der Waals surface area contributed by atoms with Crippen LogP contribution in [-0.4, -0.2) is 5.97 Å². The first kappa shape index (κ1) is 46.7. The first-order valence-corrected chi connectivity index (χ1v) is 23.0. The van der Waals surface area contributed by atoms with Crippen molar-refractivity contribution in [2.24, 2.45) is 5.92 Å². The minimum atomic E-state index is 0.0207. The third kappa shape index (κ3) is 31.4. The molecular formula is C48H88O2. The second kappa shape index (κ2) is 38.9. The zero-order valence-electron chi connectivity index (χ0n) is 34.2. The van der Waals surface area contributed by atoms with Gasteiger partial charge in [-0.2, -0.15) is 0 Å². The molecule has 1 saturated heterocycles. The Morgan fingerprint density at radius 3 is 0.980 bits per heavy atom. The Bertz CT molecular complexity index is 792. The minimum Gasteiger partial charge on any atom is -0.430 e. The number of carbonyl (C=O) groups is 1. The Kier molecular flexibility index (Phi) is 36.4. The van der Waals surface area contributed by atoms with Crippen molar-refractivity contribution in [3.63, 3.8) is 0 Å².